The molecule has 0 aromatic rings. The SMILES string of the molecule is CSCCC(NC(=O)N1CCCC1CCCO)C(=O)O. The van der Waals surface area contributed by atoms with E-state index in [1.165, 1.54) is 0 Å². The van der Waals surface area contributed by atoms with Crippen molar-refractivity contribution in [2.24, 2.45) is 0 Å². The van der Waals surface area contributed by atoms with Gasteiger partial charge in [-0.3, -0.25) is 0 Å². The number of hydrogen-bond donors (Lipinski definition) is 3. The highest BCUT2D eigenvalue weighted by atomic mass is 32.2. The van der Waals surface area contributed by atoms with E-state index in [2.05, 4.69) is 5.32 Å². The number of likely N-dealkylation sites (tertiary alicyclic amines) is 1. The van der Waals surface area contributed by atoms with Gasteiger partial charge in [-0.05, 0) is 44.1 Å². The van der Waals surface area contributed by atoms with Crippen molar-refractivity contribution in [3.63, 3.8) is 0 Å². The topological polar surface area (TPSA) is 89.9 Å². The molecule has 0 spiro atoms. The van der Waals surface area contributed by atoms with Crippen LogP contribution in [0.1, 0.15) is 32.1 Å². The van der Waals surface area contributed by atoms with Crippen LogP contribution in [0.25, 0.3) is 0 Å². The number of carboxylic acids is 1. The monoisotopic (exact) mass is 304 g/mol. The number of hydrogen-bond acceptors (Lipinski definition) is 4. The summed E-state index contributed by atoms with van der Waals surface area (Å²) in [6.07, 6.45) is 5.64. The molecule has 3 N–H and O–H groups in total. The van der Waals surface area contributed by atoms with Crippen molar-refractivity contribution in [3.05, 3.63) is 0 Å². The van der Waals surface area contributed by atoms with Gasteiger partial charge in [0.15, 0.2) is 0 Å². The highest BCUT2D eigenvalue weighted by Gasteiger charge is 2.30. The minimum absolute atomic E-state index is 0.122. The average molecular weight is 304 g/mol. The molecule has 1 rings (SSSR count). The van der Waals surface area contributed by atoms with Gasteiger partial charge < -0.3 is 20.4 Å². The number of carbonyl (C=O) groups is 2. The van der Waals surface area contributed by atoms with Gasteiger partial charge in [0, 0.05) is 19.2 Å². The van der Waals surface area contributed by atoms with E-state index in [1.54, 1.807) is 16.7 Å². The Labute approximate surface area is 123 Å². The Balaban J connectivity index is 2.51. The van der Waals surface area contributed by atoms with Crippen molar-refractivity contribution in [3.8, 4) is 0 Å². The van der Waals surface area contributed by atoms with E-state index in [0.717, 1.165) is 19.3 Å². The molecule has 0 aliphatic carbocycles. The van der Waals surface area contributed by atoms with Gasteiger partial charge in [0.1, 0.15) is 6.04 Å². The number of aliphatic carboxylic acids is 1. The first kappa shape index (κ1) is 17.1. The summed E-state index contributed by atoms with van der Waals surface area (Å²) < 4.78 is 0. The normalized spacial score (nSPS) is 19.9. The van der Waals surface area contributed by atoms with Crippen LogP contribution in [-0.2, 0) is 4.79 Å². The van der Waals surface area contributed by atoms with Crippen LogP contribution >= 0.6 is 11.8 Å². The molecule has 1 saturated heterocycles. The van der Waals surface area contributed by atoms with Crippen LogP contribution in [-0.4, -0.2) is 64.4 Å². The fourth-order valence-electron chi connectivity index (χ4n) is 2.46. The Morgan fingerprint density at radius 2 is 2.25 bits per heavy atom. The summed E-state index contributed by atoms with van der Waals surface area (Å²) in [5.41, 5.74) is 0. The lowest BCUT2D eigenvalue weighted by Gasteiger charge is -2.26. The van der Waals surface area contributed by atoms with Crippen LogP contribution in [0.15, 0.2) is 0 Å². The second-order valence-electron chi connectivity index (χ2n) is 4.98. The van der Waals surface area contributed by atoms with Gasteiger partial charge in [-0.2, -0.15) is 11.8 Å². The zero-order chi connectivity index (χ0) is 15.0. The quantitative estimate of drug-likeness (QED) is 0.625. The lowest BCUT2D eigenvalue weighted by atomic mass is 10.1. The summed E-state index contributed by atoms with van der Waals surface area (Å²) in [6, 6.07) is -0.995. The largest absolute Gasteiger partial charge is 0.480 e. The maximum Gasteiger partial charge on any atom is 0.326 e. The molecule has 2 amide bonds. The molecule has 20 heavy (non-hydrogen) atoms. The van der Waals surface area contributed by atoms with E-state index in [9.17, 15) is 9.59 Å². The minimum Gasteiger partial charge on any atom is -0.480 e. The highest BCUT2D eigenvalue weighted by molar-refractivity contribution is 7.98. The summed E-state index contributed by atoms with van der Waals surface area (Å²) >= 11 is 1.56. The number of nitrogens with one attached hydrogen (secondary N) is 1. The van der Waals surface area contributed by atoms with Gasteiger partial charge in [0.05, 0.1) is 0 Å². The number of amides is 2. The predicted octanol–water partition coefficient (Wildman–Crippen LogP) is 1.14. The van der Waals surface area contributed by atoms with E-state index in [1.807, 2.05) is 6.26 Å². The van der Waals surface area contributed by atoms with Gasteiger partial charge in [-0.25, -0.2) is 9.59 Å². The number of urea groups is 1. The Morgan fingerprint density at radius 1 is 1.50 bits per heavy atom. The first-order valence-electron chi connectivity index (χ1n) is 7.00. The molecule has 0 saturated carbocycles. The van der Waals surface area contributed by atoms with Crippen LogP contribution in [0.5, 0.6) is 0 Å². The lowest BCUT2D eigenvalue weighted by Crippen LogP contribution is -2.49. The molecule has 1 aliphatic heterocycles. The first-order chi connectivity index (χ1) is 9.60. The number of nitrogens with zero attached hydrogens (tertiary/aromatic N) is 1. The van der Waals surface area contributed by atoms with E-state index in [0.29, 0.717) is 25.1 Å². The predicted molar refractivity (Wildman–Crippen MR) is 79.0 cm³/mol. The summed E-state index contributed by atoms with van der Waals surface area (Å²) in [5, 5.41) is 20.6. The molecule has 7 heteroatoms. The van der Waals surface area contributed by atoms with Gasteiger partial charge in [0.2, 0.25) is 0 Å². The minimum atomic E-state index is -0.987. The Bertz CT molecular complexity index is 327. The van der Waals surface area contributed by atoms with E-state index < -0.39 is 12.0 Å². The summed E-state index contributed by atoms with van der Waals surface area (Å²) in [5.74, 6) is -0.288. The third-order valence-electron chi connectivity index (χ3n) is 3.54. The summed E-state index contributed by atoms with van der Waals surface area (Å²) in [6.45, 7) is 0.786. The molecule has 2 unspecified atom stereocenters. The van der Waals surface area contributed by atoms with Gasteiger partial charge in [0.25, 0.3) is 0 Å². The van der Waals surface area contributed by atoms with Crippen LogP contribution < -0.4 is 5.32 Å². The van der Waals surface area contributed by atoms with E-state index in [-0.39, 0.29) is 18.7 Å². The smallest absolute Gasteiger partial charge is 0.326 e. The molecule has 0 radical (unpaired) electrons. The van der Waals surface area contributed by atoms with Crippen LogP contribution in [0, 0.1) is 0 Å². The fourth-order valence-corrected chi connectivity index (χ4v) is 2.93. The Hall–Kier alpha value is -0.950. The van der Waals surface area contributed by atoms with Gasteiger partial charge in [-0.1, -0.05) is 0 Å². The lowest BCUT2D eigenvalue weighted by molar-refractivity contribution is -0.139. The van der Waals surface area contributed by atoms with Crippen molar-refractivity contribution in [1.29, 1.82) is 0 Å². The number of rotatable bonds is 8. The molecule has 1 aliphatic rings. The summed E-state index contributed by atoms with van der Waals surface area (Å²) in [4.78, 5) is 25.0. The first-order valence-corrected chi connectivity index (χ1v) is 8.39. The van der Waals surface area contributed by atoms with Crippen molar-refractivity contribution in [1.82, 2.24) is 10.2 Å². The van der Waals surface area contributed by atoms with Crippen molar-refractivity contribution < 1.29 is 19.8 Å². The standard InChI is InChI=1S/C13H24N2O4S/c1-20-9-6-11(12(17)18)14-13(19)15-7-2-4-10(15)5-3-8-16/h10-11,16H,2-9H2,1H3,(H,14,19)(H,17,18). The average Bonchev–Trinajstić information content (AvgIpc) is 2.89. The fraction of sp³-hybridized carbons (Fsp3) is 0.846. The van der Waals surface area contributed by atoms with E-state index in [4.69, 9.17) is 10.2 Å². The van der Waals surface area contributed by atoms with Crippen LogP contribution in [0.4, 0.5) is 4.79 Å². The van der Waals surface area contributed by atoms with Crippen molar-refractivity contribution in [2.75, 3.05) is 25.2 Å². The molecule has 1 fully saturated rings. The molecular formula is C13H24N2O4S. The third kappa shape index (κ3) is 5.20. The van der Waals surface area contributed by atoms with Crippen LogP contribution in [0.3, 0.4) is 0 Å². The third-order valence-corrected chi connectivity index (χ3v) is 4.18. The zero-order valence-electron chi connectivity index (χ0n) is 11.9. The maximum absolute atomic E-state index is 12.2. The number of aliphatic hydroxyl groups is 1. The van der Waals surface area contributed by atoms with Crippen molar-refractivity contribution >= 4 is 23.8 Å². The molecule has 0 aromatic heterocycles. The molecule has 6 nitrogen and oxygen atoms in total. The molecule has 1 heterocycles. The van der Waals surface area contributed by atoms with Crippen LogP contribution in [0.2, 0.25) is 0 Å². The molecular weight excluding hydrogens is 280 g/mol. The molecule has 2 atom stereocenters. The Morgan fingerprint density at radius 3 is 2.85 bits per heavy atom. The second kappa shape index (κ2) is 9.07. The number of carbonyl (C=O) groups excluding carboxylic acids is 1. The second-order valence-corrected chi connectivity index (χ2v) is 5.96. The highest BCUT2D eigenvalue weighted by Crippen LogP contribution is 2.21. The van der Waals surface area contributed by atoms with E-state index >= 15 is 0 Å². The molecule has 0 aromatic carbocycles. The Kier molecular flexibility index (Phi) is 7.76. The molecule has 0 bridgehead atoms. The van der Waals surface area contributed by atoms with Crippen molar-refractivity contribution in [2.45, 2.75) is 44.2 Å². The van der Waals surface area contributed by atoms with Gasteiger partial charge >= 0.3 is 12.0 Å². The number of carboxylic acid groups (broad SMARTS) is 1. The zero-order valence-corrected chi connectivity index (χ0v) is 12.7. The maximum atomic E-state index is 12.2. The molecule has 116 valence electrons. The summed E-state index contributed by atoms with van der Waals surface area (Å²) in [7, 11) is 0. The van der Waals surface area contributed by atoms with Gasteiger partial charge in [-0.15, -0.1) is 0 Å². The number of thioether (sulfide) groups is 1. The number of aliphatic hydroxyl groups excluding tert-OH is 1.